The zero-order chi connectivity index (χ0) is 14.5. The molecule has 0 aliphatic carbocycles. The van der Waals surface area contributed by atoms with Gasteiger partial charge < -0.3 is 5.11 Å². The molecule has 0 saturated heterocycles. The van der Waals surface area contributed by atoms with Gasteiger partial charge in [-0.15, -0.1) is 0 Å². The van der Waals surface area contributed by atoms with E-state index in [1.54, 1.807) is 36.4 Å². The highest BCUT2D eigenvalue weighted by Crippen LogP contribution is 2.10. The third kappa shape index (κ3) is 3.73. The zero-order valence-electron chi connectivity index (χ0n) is 10.1. The molecule has 0 radical (unpaired) electrons. The van der Waals surface area contributed by atoms with Crippen LogP contribution >= 0.6 is 23.2 Å². The lowest BCUT2D eigenvalue weighted by atomic mass is 10.2. The van der Waals surface area contributed by atoms with Crippen LogP contribution in [0.2, 0.25) is 10.0 Å². The van der Waals surface area contributed by atoms with Crippen molar-refractivity contribution in [3.8, 4) is 0 Å². The molecule has 0 bridgehead atoms. The molecule has 2 aromatic rings. The maximum Gasteiger partial charge on any atom is 0.271 e. The summed E-state index contributed by atoms with van der Waals surface area (Å²) in [4.78, 5) is 11.7. The molecule has 20 heavy (non-hydrogen) atoms. The largest absolute Gasteiger partial charge is 0.857 e. The fraction of sp³-hybridized carbons (Fsp3) is 0. The number of benzene rings is 2. The van der Waals surface area contributed by atoms with Crippen molar-refractivity contribution in [1.82, 2.24) is 5.43 Å². The molecule has 2 rings (SSSR count). The van der Waals surface area contributed by atoms with Gasteiger partial charge >= 0.3 is 0 Å². The van der Waals surface area contributed by atoms with Crippen molar-refractivity contribution < 1.29 is 9.90 Å². The number of hydrogen-bond acceptors (Lipinski definition) is 3. The Kier molecular flexibility index (Phi) is 4.61. The SMILES string of the molecule is O=C(NN=C([O-])c1ccc(Cl)cc1)c1ccc(Cl)cc1. The third-order valence-electron chi connectivity index (χ3n) is 2.46. The van der Waals surface area contributed by atoms with Crippen molar-refractivity contribution in [1.29, 1.82) is 0 Å². The minimum atomic E-state index is -0.552. The highest BCUT2D eigenvalue weighted by molar-refractivity contribution is 6.31. The zero-order valence-corrected chi connectivity index (χ0v) is 11.7. The Bertz CT molecular complexity index is 637. The topological polar surface area (TPSA) is 64.5 Å². The Morgan fingerprint density at radius 3 is 1.85 bits per heavy atom. The van der Waals surface area contributed by atoms with Crippen molar-refractivity contribution in [2.24, 2.45) is 5.10 Å². The smallest absolute Gasteiger partial charge is 0.271 e. The minimum Gasteiger partial charge on any atom is -0.857 e. The van der Waals surface area contributed by atoms with Gasteiger partial charge in [0.2, 0.25) is 0 Å². The van der Waals surface area contributed by atoms with Crippen molar-refractivity contribution in [2.45, 2.75) is 0 Å². The fourth-order valence-electron chi connectivity index (χ4n) is 1.42. The van der Waals surface area contributed by atoms with Gasteiger partial charge in [-0.2, -0.15) is 5.10 Å². The van der Waals surface area contributed by atoms with Crippen molar-refractivity contribution in [3.05, 3.63) is 69.7 Å². The van der Waals surface area contributed by atoms with Gasteiger partial charge in [0.15, 0.2) is 0 Å². The van der Waals surface area contributed by atoms with E-state index in [4.69, 9.17) is 23.2 Å². The molecule has 0 saturated carbocycles. The number of carbonyl (C=O) groups excluding carboxylic acids is 1. The van der Waals surface area contributed by atoms with Crippen LogP contribution in [0.25, 0.3) is 0 Å². The molecule has 4 nitrogen and oxygen atoms in total. The van der Waals surface area contributed by atoms with Gasteiger partial charge in [0.05, 0.1) is 0 Å². The number of hydrazone groups is 1. The first-order chi connectivity index (χ1) is 9.56. The number of amides is 1. The Balaban J connectivity index is 2.06. The molecular weight excluding hydrogens is 299 g/mol. The summed E-state index contributed by atoms with van der Waals surface area (Å²) in [5, 5.41) is 16.3. The Labute approximate surface area is 125 Å². The molecule has 0 spiro atoms. The van der Waals surface area contributed by atoms with Gasteiger partial charge in [0, 0.05) is 21.5 Å². The molecule has 0 aromatic heterocycles. The van der Waals surface area contributed by atoms with E-state index in [1.165, 1.54) is 12.1 Å². The molecule has 1 amide bonds. The maximum atomic E-state index is 11.7. The minimum absolute atomic E-state index is 0.339. The van der Waals surface area contributed by atoms with Gasteiger partial charge in [0.25, 0.3) is 5.91 Å². The summed E-state index contributed by atoms with van der Waals surface area (Å²) in [6.07, 6.45) is 0. The van der Waals surface area contributed by atoms with E-state index >= 15 is 0 Å². The Morgan fingerprint density at radius 2 is 1.35 bits per heavy atom. The highest BCUT2D eigenvalue weighted by Gasteiger charge is 2.03. The average Bonchev–Trinajstić information content (AvgIpc) is 2.46. The maximum absolute atomic E-state index is 11.7. The van der Waals surface area contributed by atoms with E-state index in [0.717, 1.165) is 0 Å². The molecule has 1 N–H and O–H groups in total. The van der Waals surface area contributed by atoms with Crippen LogP contribution in [0.15, 0.2) is 53.6 Å². The van der Waals surface area contributed by atoms with Crippen LogP contribution < -0.4 is 10.5 Å². The monoisotopic (exact) mass is 307 g/mol. The Morgan fingerprint density at radius 1 is 0.900 bits per heavy atom. The summed E-state index contributed by atoms with van der Waals surface area (Å²) < 4.78 is 0. The molecule has 0 fully saturated rings. The van der Waals surface area contributed by atoms with Crippen LogP contribution in [0.5, 0.6) is 0 Å². The van der Waals surface area contributed by atoms with Crippen LogP contribution in [0.4, 0.5) is 0 Å². The standard InChI is InChI=1S/C14H10Cl2N2O2/c15-11-5-1-9(2-6-11)13(19)17-18-14(20)10-3-7-12(16)8-4-10/h1-8H,(H,17,19)(H,18,20)/p-1. The first-order valence-electron chi connectivity index (χ1n) is 5.63. The number of hydrogen-bond donors (Lipinski definition) is 1. The third-order valence-corrected chi connectivity index (χ3v) is 2.96. The summed E-state index contributed by atoms with van der Waals surface area (Å²) in [5.41, 5.74) is 2.89. The lowest BCUT2D eigenvalue weighted by Crippen LogP contribution is -2.26. The summed E-state index contributed by atoms with van der Waals surface area (Å²) >= 11 is 11.4. The Hall–Kier alpha value is -2.04. The molecule has 2 aromatic carbocycles. The van der Waals surface area contributed by atoms with E-state index in [-0.39, 0.29) is 0 Å². The molecule has 0 heterocycles. The molecule has 102 valence electrons. The summed E-state index contributed by atoms with van der Waals surface area (Å²) in [6.45, 7) is 0. The molecule has 0 unspecified atom stereocenters. The second-order valence-electron chi connectivity index (χ2n) is 3.87. The van der Waals surface area contributed by atoms with Crippen molar-refractivity contribution >= 4 is 35.0 Å². The molecule has 0 atom stereocenters. The van der Waals surface area contributed by atoms with Gasteiger partial charge in [-0.3, -0.25) is 4.79 Å². The predicted octanol–water partition coefficient (Wildman–Crippen LogP) is 2.45. The van der Waals surface area contributed by atoms with E-state index in [2.05, 4.69) is 10.5 Å². The van der Waals surface area contributed by atoms with Crippen molar-refractivity contribution in [3.63, 3.8) is 0 Å². The summed E-state index contributed by atoms with van der Waals surface area (Å²) in [7, 11) is 0. The molecule has 0 aliphatic rings. The second kappa shape index (κ2) is 6.41. The van der Waals surface area contributed by atoms with Crippen LogP contribution in [0, 0.1) is 0 Å². The highest BCUT2D eigenvalue weighted by atomic mass is 35.5. The number of rotatable bonds is 3. The lowest BCUT2D eigenvalue weighted by Gasteiger charge is -2.10. The first kappa shape index (κ1) is 14.4. The van der Waals surface area contributed by atoms with E-state index in [0.29, 0.717) is 21.2 Å². The van der Waals surface area contributed by atoms with Gasteiger partial charge in [-0.05, 0) is 42.0 Å². The van der Waals surface area contributed by atoms with Crippen LogP contribution in [0.3, 0.4) is 0 Å². The lowest BCUT2D eigenvalue weighted by molar-refractivity contribution is -0.213. The number of nitrogens with one attached hydrogen (secondary N) is 1. The normalized spacial score (nSPS) is 11.2. The molecule has 0 aliphatic heterocycles. The van der Waals surface area contributed by atoms with Gasteiger partial charge in [-0.1, -0.05) is 35.3 Å². The molecule has 6 heteroatoms. The summed E-state index contributed by atoms with van der Waals surface area (Å²) in [5.74, 6) is -1.03. The van der Waals surface area contributed by atoms with E-state index < -0.39 is 11.8 Å². The second-order valence-corrected chi connectivity index (χ2v) is 4.74. The quantitative estimate of drug-likeness (QED) is 0.538. The van der Waals surface area contributed by atoms with Crippen molar-refractivity contribution in [2.75, 3.05) is 0 Å². The average molecular weight is 308 g/mol. The van der Waals surface area contributed by atoms with Crippen LogP contribution in [0.1, 0.15) is 15.9 Å². The first-order valence-corrected chi connectivity index (χ1v) is 6.38. The van der Waals surface area contributed by atoms with E-state index in [1.807, 2.05) is 0 Å². The van der Waals surface area contributed by atoms with Crippen LogP contribution in [-0.2, 0) is 0 Å². The van der Waals surface area contributed by atoms with Crippen LogP contribution in [-0.4, -0.2) is 11.8 Å². The summed E-state index contributed by atoms with van der Waals surface area (Å²) in [6, 6.07) is 12.5. The fourth-order valence-corrected chi connectivity index (χ4v) is 1.68. The van der Waals surface area contributed by atoms with E-state index in [9.17, 15) is 9.90 Å². The predicted molar refractivity (Wildman–Crippen MR) is 76.9 cm³/mol. The number of carbonyl (C=O) groups is 1. The molecular formula is C14H9Cl2N2O2-. The number of nitrogens with zero attached hydrogens (tertiary/aromatic N) is 1. The van der Waals surface area contributed by atoms with Gasteiger partial charge in [-0.25, -0.2) is 5.43 Å². The number of halogens is 2. The van der Waals surface area contributed by atoms with Gasteiger partial charge in [0.1, 0.15) is 0 Å².